The van der Waals surface area contributed by atoms with Gasteiger partial charge in [-0.15, -0.1) is 22.9 Å². The summed E-state index contributed by atoms with van der Waals surface area (Å²) in [6.07, 6.45) is 4.30. The quantitative estimate of drug-likeness (QED) is 0.765. The number of carbonyl (C=O) groups excluding carboxylic acids is 1. The number of hydrogen-bond donors (Lipinski definition) is 0. The Morgan fingerprint density at radius 2 is 2.41 bits per heavy atom. The van der Waals surface area contributed by atoms with Crippen LogP contribution in [0.5, 0.6) is 0 Å². The summed E-state index contributed by atoms with van der Waals surface area (Å²) >= 11 is 7.32. The molecule has 1 aromatic heterocycles. The lowest BCUT2D eigenvalue weighted by molar-refractivity contribution is 0.0735. The first-order chi connectivity index (χ1) is 8.22. The van der Waals surface area contributed by atoms with Gasteiger partial charge in [0.25, 0.3) is 5.91 Å². The molecule has 0 spiro atoms. The van der Waals surface area contributed by atoms with Gasteiger partial charge in [-0.3, -0.25) is 4.79 Å². The summed E-state index contributed by atoms with van der Waals surface area (Å²) in [5.74, 6) is 0.900. The van der Waals surface area contributed by atoms with E-state index in [1.165, 1.54) is 4.88 Å². The summed E-state index contributed by atoms with van der Waals surface area (Å²) < 4.78 is 0. The highest BCUT2D eigenvalue weighted by Gasteiger charge is 2.29. The van der Waals surface area contributed by atoms with E-state index in [4.69, 9.17) is 11.6 Å². The second-order valence-electron chi connectivity index (χ2n) is 4.54. The van der Waals surface area contributed by atoms with Crippen molar-refractivity contribution in [1.29, 1.82) is 0 Å². The van der Waals surface area contributed by atoms with Crippen molar-refractivity contribution < 1.29 is 4.79 Å². The lowest BCUT2D eigenvalue weighted by Crippen LogP contribution is -2.35. The second kappa shape index (κ2) is 5.87. The van der Waals surface area contributed by atoms with Crippen molar-refractivity contribution in [2.45, 2.75) is 38.6 Å². The summed E-state index contributed by atoms with van der Waals surface area (Å²) in [7, 11) is 0. The van der Waals surface area contributed by atoms with Crippen molar-refractivity contribution in [3.8, 4) is 0 Å². The molecule has 0 N–H and O–H groups in total. The maximum atomic E-state index is 12.3. The first-order valence-corrected chi connectivity index (χ1v) is 7.51. The van der Waals surface area contributed by atoms with Crippen LogP contribution >= 0.6 is 22.9 Å². The van der Waals surface area contributed by atoms with Crippen molar-refractivity contribution >= 4 is 28.8 Å². The van der Waals surface area contributed by atoms with Gasteiger partial charge in [0, 0.05) is 23.3 Å². The van der Waals surface area contributed by atoms with Crippen LogP contribution < -0.4 is 0 Å². The van der Waals surface area contributed by atoms with E-state index in [9.17, 15) is 4.79 Å². The van der Waals surface area contributed by atoms with E-state index in [0.717, 1.165) is 37.1 Å². The summed E-state index contributed by atoms with van der Waals surface area (Å²) in [6.45, 7) is 2.94. The highest BCUT2D eigenvalue weighted by Crippen LogP contribution is 2.26. The van der Waals surface area contributed by atoms with E-state index in [2.05, 4.69) is 0 Å². The number of amides is 1. The Balaban J connectivity index is 2.03. The van der Waals surface area contributed by atoms with Crippen LogP contribution in [0.1, 0.15) is 40.2 Å². The fraction of sp³-hybridized carbons (Fsp3) is 0.615. The number of halogens is 1. The van der Waals surface area contributed by atoms with Crippen LogP contribution in [-0.2, 0) is 0 Å². The van der Waals surface area contributed by atoms with Crippen LogP contribution in [-0.4, -0.2) is 29.3 Å². The molecule has 1 aliphatic heterocycles. The van der Waals surface area contributed by atoms with Crippen LogP contribution in [0.25, 0.3) is 0 Å². The number of thiophene rings is 1. The minimum Gasteiger partial charge on any atom is -0.335 e. The molecular formula is C13H18ClNOS. The molecule has 4 heteroatoms. The van der Waals surface area contributed by atoms with Gasteiger partial charge in [-0.05, 0) is 44.7 Å². The smallest absolute Gasteiger partial charge is 0.264 e. The average molecular weight is 272 g/mol. The number of nitrogens with zero attached hydrogens (tertiary/aromatic N) is 1. The van der Waals surface area contributed by atoms with Crippen LogP contribution in [0.3, 0.4) is 0 Å². The number of aryl methyl sites for hydroxylation is 1. The second-order valence-corrected chi connectivity index (χ2v) is 6.20. The van der Waals surface area contributed by atoms with Gasteiger partial charge in [0.1, 0.15) is 0 Å². The molecule has 2 nitrogen and oxygen atoms in total. The van der Waals surface area contributed by atoms with E-state index in [1.807, 2.05) is 24.0 Å². The summed E-state index contributed by atoms with van der Waals surface area (Å²) in [5.41, 5.74) is 0. The molecule has 2 heterocycles. The zero-order chi connectivity index (χ0) is 12.3. The Kier molecular flexibility index (Phi) is 4.46. The minimum atomic E-state index is 0.208. The van der Waals surface area contributed by atoms with Crippen LogP contribution in [0.2, 0.25) is 0 Å². The van der Waals surface area contributed by atoms with Crippen molar-refractivity contribution in [2.75, 3.05) is 12.4 Å². The van der Waals surface area contributed by atoms with Gasteiger partial charge >= 0.3 is 0 Å². The molecule has 1 amide bonds. The lowest BCUT2D eigenvalue weighted by Gasteiger charge is -2.23. The van der Waals surface area contributed by atoms with Gasteiger partial charge in [-0.25, -0.2) is 0 Å². The average Bonchev–Trinajstić information content (AvgIpc) is 2.94. The summed E-state index contributed by atoms with van der Waals surface area (Å²) in [5, 5.41) is 0. The molecule has 0 bridgehead atoms. The van der Waals surface area contributed by atoms with E-state index >= 15 is 0 Å². The molecule has 1 aromatic rings. The normalized spacial score (nSPS) is 19.9. The molecule has 0 radical (unpaired) electrons. The summed E-state index contributed by atoms with van der Waals surface area (Å²) in [4.78, 5) is 16.5. The highest BCUT2D eigenvalue weighted by molar-refractivity contribution is 7.13. The molecule has 2 rings (SSSR count). The molecule has 1 fully saturated rings. The third-order valence-corrected chi connectivity index (χ3v) is 4.52. The SMILES string of the molecule is Cc1ccc(C(=O)N2CCCC2CCCCl)s1. The Bertz CT molecular complexity index is 391. The molecule has 1 unspecified atom stereocenters. The van der Waals surface area contributed by atoms with Crippen LogP contribution in [0.15, 0.2) is 12.1 Å². The summed E-state index contributed by atoms with van der Waals surface area (Å²) in [6, 6.07) is 4.37. The standard InChI is InChI=1S/C13H18ClNOS/c1-10-6-7-12(17-10)13(16)15-9-3-5-11(15)4-2-8-14/h6-7,11H,2-5,8-9H2,1H3. The molecule has 94 valence electrons. The molecule has 0 aliphatic carbocycles. The highest BCUT2D eigenvalue weighted by atomic mass is 35.5. The van der Waals surface area contributed by atoms with E-state index in [0.29, 0.717) is 11.9 Å². The maximum absolute atomic E-state index is 12.3. The lowest BCUT2D eigenvalue weighted by atomic mass is 10.1. The van der Waals surface area contributed by atoms with Crippen LogP contribution in [0.4, 0.5) is 0 Å². The molecule has 1 aliphatic rings. The number of likely N-dealkylation sites (tertiary alicyclic amines) is 1. The van der Waals surface area contributed by atoms with Crippen molar-refractivity contribution in [3.05, 3.63) is 21.9 Å². The van der Waals surface area contributed by atoms with Gasteiger partial charge in [0.05, 0.1) is 4.88 Å². The Hall–Kier alpha value is -0.540. The van der Waals surface area contributed by atoms with Gasteiger partial charge < -0.3 is 4.90 Å². The van der Waals surface area contributed by atoms with Gasteiger partial charge in [-0.1, -0.05) is 0 Å². The first kappa shape index (κ1) is 12.9. The number of carbonyl (C=O) groups is 1. The predicted molar refractivity (Wildman–Crippen MR) is 73.1 cm³/mol. The topological polar surface area (TPSA) is 20.3 Å². The zero-order valence-corrected chi connectivity index (χ0v) is 11.7. The van der Waals surface area contributed by atoms with Gasteiger partial charge in [0.15, 0.2) is 0 Å². The Morgan fingerprint density at radius 1 is 1.59 bits per heavy atom. The van der Waals surface area contributed by atoms with E-state index in [-0.39, 0.29) is 5.91 Å². The van der Waals surface area contributed by atoms with Crippen molar-refractivity contribution in [3.63, 3.8) is 0 Å². The molecule has 1 atom stereocenters. The first-order valence-electron chi connectivity index (χ1n) is 6.15. The largest absolute Gasteiger partial charge is 0.335 e. The van der Waals surface area contributed by atoms with E-state index in [1.54, 1.807) is 11.3 Å². The number of rotatable bonds is 4. The van der Waals surface area contributed by atoms with Crippen LogP contribution in [0, 0.1) is 6.92 Å². The fourth-order valence-electron chi connectivity index (χ4n) is 2.41. The van der Waals surface area contributed by atoms with E-state index < -0.39 is 0 Å². The van der Waals surface area contributed by atoms with Crippen molar-refractivity contribution in [2.24, 2.45) is 0 Å². The number of hydrogen-bond acceptors (Lipinski definition) is 2. The predicted octanol–water partition coefficient (Wildman–Crippen LogP) is 3.68. The molecular weight excluding hydrogens is 254 g/mol. The minimum absolute atomic E-state index is 0.208. The molecule has 0 aromatic carbocycles. The molecule has 1 saturated heterocycles. The van der Waals surface area contributed by atoms with Gasteiger partial charge in [-0.2, -0.15) is 0 Å². The fourth-order valence-corrected chi connectivity index (χ4v) is 3.38. The maximum Gasteiger partial charge on any atom is 0.264 e. The number of alkyl halides is 1. The molecule has 0 saturated carbocycles. The third kappa shape index (κ3) is 3.02. The van der Waals surface area contributed by atoms with Crippen molar-refractivity contribution in [1.82, 2.24) is 4.90 Å². The Morgan fingerprint density at radius 3 is 3.06 bits per heavy atom. The van der Waals surface area contributed by atoms with Gasteiger partial charge in [0.2, 0.25) is 0 Å². The molecule has 17 heavy (non-hydrogen) atoms. The monoisotopic (exact) mass is 271 g/mol. The third-order valence-electron chi connectivity index (χ3n) is 3.26. The zero-order valence-electron chi connectivity index (χ0n) is 10.1. The Labute approximate surface area is 112 Å².